The highest BCUT2D eigenvalue weighted by atomic mass is 32.2. The van der Waals surface area contributed by atoms with Crippen molar-refractivity contribution >= 4 is 15.6 Å². The summed E-state index contributed by atoms with van der Waals surface area (Å²) in [4.78, 5) is 11.0. The lowest BCUT2D eigenvalue weighted by Gasteiger charge is -2.07. The molecule has 1 aliphatic heterocycles. The monoisotopic (exact) mass is 177 g/mol. The van der Waals surface area contributed by atoms with Crippen molar-refractivity contribution in [3.63, 3.8) is 0 Å². The first-order valence-corrected chi connectivity index (χ1v) is 5.15. The average molecular weight is 177 g/mol. The van der Waals surface area contributed by atoms with Crippen LogP contribution in [0.3, 0.4) is 0 Å². The van der Waals surface area contributed by atoms with Crippen LogP contribution in [0.2, 0.25) is 0 Å². The molecule has 0 aromatic carbocycles. The fraction of sp³-hybridized carbons (Fsp3) is 0.833. The summed E-state index contributed by atoms with van der Waals surface area (Å²) in [5, 5.41) is -0.583. The lowest BCUT2D eigenvalue weighted by Crippen LogP contribution is -2.27. The van der Waals surface area contributed by atoms with Crippen LogP contribution in [0.1, 0.15) is 6.92 Å². The Bertz CT molecular complexity index is 270. The highest BCUT2D eigenvalue weighted by Gasteiger charge is 2.42. The first kappa shape index (κ1) is 8.67. The molecule has 2 unspecified atom stereocenters. The van der Waals surface area contributed by atoms with Gasteiger partial charge in [-0.25, -0.2) is 8.42 Å². The Labute approximate surface area is 65.7 Å². The zero-order valence-electron chi connectivity index (χ0n) is 6.28. The number of hydrogen-bond acceptors (Lipinski definition) is 4. The Kier molecular flexibility index (Phi) is 2.02. The molecule has 0 amide bonds. The summed E-state index contributed by atoms with van der Waals surface area (Å²) >= 11 is 0. The zero-order valence-corrected chi connectivity index (χ0v) is 7.10. The number of Topliss-reactive ketones (excluding diaryl/α,β-unsaturated/α-hetero) is 1. The summed E-state index contributed by atoms with van der Waals surface area (Å²) in [5.41, 5.74) is 5.25. The molecule has 64 valence electrons. The lowest BCUT2D eigenvalue weighted by atomic mass is 10.0. The van der Waals surface area contributed by atoms with E-state index in [0.29, 0.717) is 0 Å². The van der Waals surface area contributed by atoms with Crippen LogP contribution in [0.5, 0.6) is 0 Å². The van der Waals surface area contributed by atoms with Gasteiger partial charge in [0.2, 0.25) is 0 Å². The molecule has 1 rings (SSSR count). The SMILES string of the molecule is CC1C(CN)C(=O)CS1(=O)=O. The Hall–Kier alpha value is -0.420. The fourth-order valence-electron chi connectivity index (χ4n) is 1.27. The molecule has 0 aromatic rings. The van der Waals surface area contributed by atoms with Crippen LogP contribution in [0.25, 0.3) is 0 Å². The number of carbonyl (C=O) groups is 1. The van der Waals surface area contributed by atoms with Crippen LogP contribution < -0.4 is 5.73 Å². The summed E-state index contributed by atoms with van der Waals surface area (Å²) in [6.07, 6.45) is 0. The molecule has 4 nitrogen and oxygen atoms in total. The van der Waals surface area contributed by atoms with Crippen LogP contribution in [0.15, 0.2) is 0 Å². The van der Waals surface area contributed by atoms with E-state index in [1.165, 1.54) is 6.92 Å². The summed E-state index contributed by atoms with van der Waals surface area (Å²) in [6.45, 7) is 1.68. The van der Waals surface area contributed by atoms with Gasteiger partial charge < -0.3 is 5.73 Å². The van der Waals surface area contributed by atoms with Crippen LogP contribution in [0.4, 0.5) is 0 Å². The molecule has 0 spiro atoms. The van der Waals surface area contributed by atoms with Crippen molar-refractivity contribution in [2.24, 2.45) is 11.7 Å². The van der Waals surface area contributed by atoms with E-state index < -0.39 is 21.0 Å². The van der Waals surface area contributed by atoms with E-state index in [1.807, 2.05) is 0 Å². The largest absolute Gasteiger partial charge is 0.330 e. The Morgan fingerprint density at radius 2 is 2.18 bits per heavy atom. The van der Waals surface area contributed by atoms with Crippen molar-refractivity contribution in [1.82, 2.24) is 0 Å². The van der Waals surface area contributed by atoms with E-state index >= 15 is 0 Å². The second-order valence-electron chi connectivity index (χ2n) is 2.82. The molecule has 0 saturated carbocycles. The summed E-state index contributed by atoms with van der Waals surface area (Å²) < 4.78 is 22.1. The third kappa shape index (κ3) is 1.30. The predicted molar refractivity (Wildman–Crippen MR) is 40.8 cm³/mol. The minimum Gasteiger partial charge on any atom is -0.330 e. The van der Waals surface area contributed by atoms with Gasteiger partial charge in [0.05, 0.1) is 5.25 Å². The minimum absolute atomic E-state index is 0.138. The third-order valence-corrected chi connectivity index (χ3v) is 4.29. The van der Waals surface area contributed by atoms with E-state index in [4.69, 9.17) is 5.73 Å². The van der Waals surface area contributed by atoms with Gasteiger partial charge in [0.25, 0.3) is 0 Å². The number of sulfone groups is 1. The summed E-state index contributed by atoms with van der Waals surface area (Å²) in [7, 11) is -3.16. The second-order valence-corrected chi connectivity index (χ2v) is 5.18. The van der Waals surface area contributed by atoms with Crippen molar-refractivity contribution in [3.8, 4) is 0 Å². The van der Waals surface area contributed by atoms with Gasteiger partial charge in [-0.2, -0.15) is 0 Å². The smallest absolute Gasteiger partial charge is 0.160 e. The number of rotatable bonds is 1. The molecule has 2 N–H and O–H groups in total. The zero-order chi connectivity index (χ0) is 8.65. The van der Waals surface area contributed by atoms with E-state index in [1.54, 1.807) is 0 Å². The standard InChI is InChI=1S/C6H11NO3S/c1-4-5(2-7)6(8)3-11(4,9)10/h4-5H,2-3,7H2,1H3. The molecule has 0 aromatic heterocycles. The van der Waals surface area contributed by atoms with Gasteiger partial charge in [-0.05, 0) is 6.92 Å². The van der Waals surface area contributed by atoms with Crippen LogP contribution in [-0.2, 0) is 14.6 Å². The van der Waals surface area contributed by atoms with Gasteiger partial charge in [0.1, 0.15) is 5.75 Å². The highest BCUT2D eigenvalue weighted by molar-refractivity contribution is 7.93. The molecule has 0 radical (unpaired) electrons. The third-order valence-electron chi connectivity index (χ3n) is 2.14. The normalized spacial score (nSPS) is 36.0. The lowest BCUT2D eigenvalue weighted by molar-refractivity contribution is -0.119. The molecule has 11 heavy (non-hydrogen) atoms. The van der Waals surface area contributed by atoms with E-state index in [2.05, 4.69) is 0 Å². The van der Waals surface area contributed by atoms with Crippen LogP contribution >= 0.6 is 0 Å². The number of nitrogens with two attached hydrogens (primary N) is 1. The molecule has 5 heteroatoms. The summed E-state index contributed by atoms with van der Waals surface area (Å²) in [6, 6.07) is 0. The number of carbonyl (C=O) groups excluding carboxylic acids is 1. The van der Waals surface area contributed by atoms with Gasteiger partial charge in [-0.1, -0.05) is 0 Å². The molecule has 1 fully saturated rings. The van der Waals surface area contributed by atoms with Crippen LogP contribution in [-0.4, -0.2) is 31.7 Å². The maximum absolute atomic E-state index is 11.1. The maximum atomic E-state index is 11.1. The molecule has 0 aliphatic carbocycles. The van der Waals surface area contributed by atoms with E-state index in [0.717, 1.165) is 0 Å². The Morgan fingerprint density at radius 3 is 2.36 bits per heavy atom. The van der Waals surface area contributed by atoms with Crippen molar-refractivity contribution in [1.29, 1.82) is 0 Å². The second kappa shape index (κ2) is 2.57. The van der Waals surface area contributed by atoms with Gasteiger partial charge >= 0.3 is 0 Å². The quantitative estimate of drug-likeness (QED) is 0.554. The summed E-state index contributed by atoms with van der Waals surface area (Å²) in [5.74, 6) is -1.03. The molecular formula is C6H11NO3S. The van der Waals surface area contributed by atoms with E-state index in [-0.39, 0.29) is 18.1 Å². The van der Waals surface area contributed by atoms with Crippen molar-refractivity contribution in [2.75, 3.05) is 12.3 Å². The van der Waals surface area contributed by atoms with Crippen molar-refractivity contribution in [2.45, 2.75) is 12.2 Å². The topological polar surface area (TPSA) is 77.2 Å². The number of ketones is 1. The van der Waals surface area contributed by atoms with E-state index in [9.17, 15) is 13.2 Å². The minimum atomic E-state index is -3.16. The Morgan fingerprint density at radius 1 is 1.64 bits per heavy atom. The molecular weight excluding hydrogens is 166 g/mol. The maximum Gasteiger partial charge on any atom is 0.160 e. The average Bonchev–Trinajstić information content (AvgIpc) is 2.04. The Balaban J connectivity index is 2.98. The van der Waals surface area contributed by atoms with Crippen LogP contribution in [0, 0.1) is 5.92 Å². The number of hydrogen-bond donors (Lipinski definition) is 1. The molecule has 1 heterocycles. The van der Waals surface area contributed by atoms with Gasteiger partial charge in [-0.15, -0.1) is 0 Å². The van der Waals surface area contributed by atoms with Crippen molar-refractivity contribution in [3.05, 3.63) is 0 Å². The molecule has 0 bridgehead atoms. The van der Waals surface area contributed by atoms with Gasteiger partial charge in [-0.3, -0.25) is 4.79 Å². The first-order valence-electron chi connectivity index (χ1n) is 3.43. The van der Waals surface area contributed by atoms with Gasteiger partial charge in [0.15, 0.2) is 15.6 Å². The molecule has 2 atom stereocenters. The van der Waals surface area contributed by atoms with Gasteiger partial charge in [0, 0.05) is 12.5 Å². The van der Waals surface area contributed by atoms with Crippen molar-refractivity contribution < 1.29 is 13.2 Å². The molecule has 1 saturated heterocycles. The highest BCUT2D eigenvalue weighted by Crippen LogP contribution is 2.22. The first-order chi connectivity index (χ1) is 4.99. The fourth-order valence-corrected chi connectivity index (χ4v) is 2.91. The molecule has 1 aliphatic rings. The predicted octanol–water partition coefficient (Wildman–Crippen LogP) is -1.05.